The predicted octanol–water partition coefficient (Wildman–Crippen LogP) is 1.55. The first-order chi connectivity index (χ1) is 7.20. The lowest BCUT2D eigenvalue weighted by atomic mass is 9.90. The molecule has 0 unspecified atom stereocenters. The van der Waals surface area contributed by atoms with Crippen LogP contribution < -0.4 is 0 Å². The van der Waals surface area contributed by atoms with E-state index in [2.05, 4.69) is 0 Å². The third-order valence-electron chi connectivity index (χ3n) is 2.85. The average molecular weight is 203 g/mol. The van der Waals surface area contributed by atoms with E-state index in [1.54, 1.807) is 7.05 Å². The Morgan fingerprint density at radius 3 is 2.53 bits per heavy atom. The lowest BCUT2D eigenvalue weighted by molar-refractivity contribution is -0.147. The third kappa shape index (κ3) is 1.77. The standard InChI is InChI=1S/C12H13NO2/c1-13-11(14)8-7-10(12(13)15)9-5-3-2-4-6-9/h2-6,10H,7-8H2,1H3/t10-/m0/s1. The summed E-state index contributed by atoms with van der Waals surface area (Å²) in [6.07, 6.45) is 1.09. The Kier molecular flexibility index (Phi) is 2.54. The summed E-state index contributed by atoms with van der Waals surface area (Å²) in [4.78, 5) is 24.4. The molecule has 0 bridgehead atoms. The minimum absolute atomic E-state index is 0.0767. The monoisotopic (exact) mass is 203 g/mol. The quantitative estimate of drug-likeness (QED) is 0.649. The fourth-order valence-corrected chi connectivity index (χ4v) is 1.91. The number of hydrogen-bond acceptors (Lipinski definition) is 2. The molecule has 3 nitrogen and oxygen atoms in total. The second-order valence-electron chi connectivity index (χ2n) is 3.79. The molecule has 0 N–H and O–H groups in total. The topological polar surface area (TPSA) is 37.4 Å². The van der Waals surface area contributed by atoms with Crippen LogP contribution in [-0.2, 0) is 9.59 Å². The summed E-state index contributed by atoms with van der Waals surface area (Å²) in [5.74, 6) is -0.307. The summed E-state index contributed by atoms with van der Waals surface area (Å²) in [6.45, 7) is 0. The smallest absolute Gasteiger partial charge is 0.236 e. The van der Waals surface area contributed by atoms with Crippen LogP contribution in [0.4, 0.5) is 0 Å². The number of likely N-dealkylation sites (N-methyl/N-ethyl adjacent to an activating group) is 1. The molecule has 1 aromatic rings. The van der Waals surface area contributed by atoms with Gasteiger partial charge < -0.3 is 0 Å². The van der Waals surface area contributed by atoms with Crippen LogP contribution in [0.3, 0.4) is 0 Å². The van der Waals surface area contributed by atoms with Crippen LogP contribution in [0.5, 0.6) is 0 Å². The van der Waals surface area contributed by atoms with Crippen LogP contribution in [0.25, 0.3) is 0 Å². The average Bonchev–Trinajstić information content (AvgIpc) is 2.27. The highest BCUT2D eigenvalue weighted by atomic mass is 16.2. The molecule has 1 aliphatic heterocycles. The molecule has 3 heteroatoms. The molecular formula is C12H13NO2. The molecule has 15 heavy (non-hydrogen) atoms. The lowest BCUT2D eigenvalue weighted by Gasteiger charge is -2.27. The van der Waals surface area contributed by atoms with Crippen molar-refractivity contribution in [2.75, 3.05) is 7.05 Å². The number of carbonyl (C=O) groups is 2. The molecule has 0 radical (unpaired) electrons. The van der Waals surface area contributed by atoms with Crippen molar-refractivity contribution in [1.82, 2.24) is 4.90 Å². The predicted molar refractivity (Wildman–Crippen MR) is 56.2 cm³/mol. The van der Waals surface area contributed by atoms with Crippen LogP contribution in [0.2, 0.25) is 0 Å². The Morgan fingerprint density at radius 1 is 1.20 bits per heavy atom. The Hall–Kier alpha value is -1.64. The normalized spacial score (nSPS) is 21.9. The van der Waals surface area contributed by atoms with Crippen molar-refractivity contribution in [2.24, 2.45) is 0 Å². The first kappa shape index (κ1) is 9.90. The zero-order valence-corrected chi connectivity index (χ0v) is 8.64. The summed E-state index contributed by atoms with van der Waals surface area (Å²) in [7, 11) is 1.56. The van der Waals surface area contributed by atoms with E-state index in [-0.39, 0.29) is 17.7 Å². The largest absolute Gasteiger partial charge is 0.285 e. The van der Waals surface area contributed by atoms with E-state index in [1.165, 1.54) is 4.90 Å². The Balaban J connectivity index is 2.25. The van der Waals surface area contributed by atoms with Crippen molar-refractivity contribution < 1.29 is 9.59 Å². The highest BCUT2D eigenvalue weighted by Gasteiger charge is 2.32. The molecule has 1 aromatic carbocycles. The fraction of sp³-hybridized carbons (Fsp3) is 0.333. The van der Waals surface area contributed by atoms with Gasteiger partial charge in [-0.2, -0.15) is 0 Å². The van der Waals surface area contributed by atoms with Gasteiger partial charge in [-0.05, 0) is 12.0 Å². The van der Waals surface area contributed by atoms with Gasteiger partial charge in [0.15, 0.2) is 0 Å². The second-order valence-corrected chi connectivity index (χ2v) is 3.79. The van der Waals surface area contributed by atoms with Gasteiger partial charge in [-0.25, -0.2) is 0 Å². The van der Waals surface area contributed by atoms with Gasteiger partial charge in [-0.15, -0.1) is 0 Å². The Labute approximate surface area is 88.7 Å². The van der Waals surface area contributed by atoms with Gasteiger partial charge >= 0.3 is 0 Å². The maximum absolute atomic E-state index is 11.8. The van der Waals surface area contributed by atoms with Gasteiger partial charge in [-0.1, -0.05) is 30.3 Å². The minimum Gasteiger partial charge on any atom is -0.285 e. The van der Waals surface area contributed by atoms with Crippen LogP contribution >= 0.6 is 0 Å². The van der Waals surface area contributed by atoms with Crippen LogP contribution in [0.1, 0.15) is 24.3 Å². The number of hydrogen-bond donors (Lipinski definition) is 0. The van der Waals surface area contributed by atoms with Crippen molar-refractivity contribution in [1.29, 1.82) is 0 Å². The Morgan fingerprint density at radius 2 is 1.87 bits per heavy atom. The molecule has 1 saturated heterocycles. The van der Waals surface area contributed by atoms with Gasteiger partial charge in [0.25, 0.3) is 0 Å². The number of amides is 2. The number of likely N-dealkylation sites (tertiary alicyclic amines) is 1. The minimum atomic E-state index is -0.145. The van der Waals surface area contributed by atoms with Crippen LogP contribution in [-0.4, -0.2) is 23.8 Å². The molecule has 1 aliphatic rings. The van der Waals surface area contributed by atoms with Crippen molar-refractivity contribution in [3.63, 3.8) is 0 Å². The van der Waals surface area contributed by atoms with Crippen LogP contribution in [0.15, 0.2) is 30.3 Å². The number of imide groups is 1. The van der Waals surface area contributed by atoms with E-state index in [9.17, 15) is 9.59 Å². The second kappa shape index (κ2) is 3.85. The number of carbonyl (C=O) groups excluding carboxylic acids is 2. The fourth-order valence-electron chi connectivity index (χ4n) is 1.91. The highest BCUT2D eigenvalue weighted by molar-refractivity contribution is 6.00. The molecule has 1 heterocycles. The van der Waals surface area contributed by atoms with Gasteiger partial charge in [0.1, 0.15) is 0 Å². The number of rotatable bonds is 1. The summed E-state index contributed by atoms with van der Waals surface area (Å²) >= 11 is 0. The van der Waals surface area contributed by atoms with Gasteiger partial charge in [0.2, 0.25) is 11.8 Å². The van der Waals surface area contributed by atoms with E-state index in [4.69, 9.17) is 0 Å². The molecule has 1 fully saturated rings. The van der Waals surface area contributed by atoms with E-state index in [1.807, 2.05) is 30.3 Å². The van der Waals surface area contributed by atoms with Gasteiger partial charge in [0, 0.05) is 13.5 Å². The molecule has 0 spiro atoms. The van der Waals surface area contributed by atoms with E-state index in [0.717, 1.165) is 5.56 Å². The molecule has 1 atom stereocenters. The molecule has 2 amide bonds. The zero-order valence-electron chi connectivity index (χ0n) is 8.64. The highest BCUT2D eigenvalue weighted by Crippen LogP contribution is 2.27. The number of piperidine rings is 1. The third-order valence-corrected chi connectivity index (χ3v) is 2.85. The molecule has 2 rings (SSSR count). The van der Waals surface area contributed by atoms with E-state index < -0.39 is 0 Å². The number of nitrogens with zero attached hydrogens (tertiary/aromatic N) is 1. The molecule has 0 aliphatic carbocycles. The summed E-state index contributed by atoms with van der Waals surface area (Å²) in [5.41, 5.74) is 1.00. The van der Waals surface area contributed by atoms with E-state index >= 15 is 0 Å². The van der Waals surface area contributed by atoms with Gasteiger partial charge in [0.05, 0.1) is 5.92 Å². The van der Waals surface area contributed by atoms with Crippen molar-refractivity contribution in [2.45, 2.75) is 18.8 Å². The summed E-state index contributed by atoms with van der Waals surface area (Å²) in [6, 6.07) is 9.63. The van der Waals surface area contributed by atoms with Crippen LogP contribution in [0, 0.1) is 0 Å². The molecule has 0 aromatic heterocycles. The van der Waals surface area contributed by atoms with Crippen molar-refractivity contribution in [3.8, 4) is 0 Å². The van der Waals surface area contributed by atoms with E-state index in [0.29, 0.717) is 12.8 Å². The van der Waals surface area contributed by atoms with Crippen molar-refractivity contribution >= 4 is 11.8 Å². The van der Waals surface area contributed by atoms with Gasteiger partial charge in [-0.3, -0.25) is 14.5 Å². The first-order valence-electron chi connectivity index (χ1n) is 5.05. The molecular weight excluding hydrogens is 190 g/mol. The number of benzene rings is 1. The summed E-state index contributed by atoms with van der Waals surface area (Å²) < 4.78 is 0. The maximum Gasteiger partial charge on any atom is 0.236 e. The maximum atomic E-state index is 11.8. The first-order valence-corrected chi connectivity index (χ1v) is 5.05. The molecule has 0 saturated carbocycles. The van der Waals surface area contributed by atoms with Crippen molar-refractivity contribution in [3.05, 3.63) is 35.9 Å². The lowest BCUT2D eigenvalue weighted by Crippen LogP contribution is -2.41. The Bertz CT molecular complexity index is 386. The zero-order chi connectivity index (χ0) is 10.8. The summed E-state index contributed by atoms with van der Waals surface area (Å²) in [5, 5.41) is 0. The SMILES string of the molecule is CN1C(=O)CC[C@@H](c2ccccc2)C1=O. The molecule has 78 valence electrons.